The van der Waals surface area contributed by atoms with Gasteiger partial charge in [0.25, 0.3) is 0 Å². The van der Waals surface area contributed by atoms with E-state index in [0.717, 1.165) is 56.7 Å². The third-order valence-corrected chi connectivity index (χ3v) is 8.03. The van der Waals surface area contributed by atoms with E-state index in [-0.39, 0.29) is 29.6 Å². The number of nitrogens with zero attached hydrogens (tertiary/aromatic N) is 4. The molecule has 0 unspecified atom stereocenters. The smallest absolute Gasteiger partial charge is 0.223 e. The number of Topliss-reactive ketones (excluding diaryl/α,β-unsaturated/α-hetero) is 1. The van der Waals surface area contributed by atoms with Crippen molar-refractivity contribution in [2.45, 2.75) is 57.5 Å². The zero-order valence-electron chi connectivity index (χ0n) is 21.6. The van der Waals surface area contributed by atoms with Crippen molar-refractivity contribution in [3.63, 3.8) is 0 Å². The lowest BCUT2D eigenvalue weighted by molar-refractivity contribution is -0.134. The molecule has 1 aromatic heterocycles. The first-order valence-electron chi connectivity index (χ1n) is 13.6. The van der Waals surface area contributed by atoms with Crippen LogP contribution in [0.4, 0.5) is 0 Å². The number of carbonyl (C=O) groups is 2. The molecule has 2 heterocycles. The summed E-state index contributed by atoms with van der Waals surface area (Å²) in [5.41, 5.74) is 2.37. The quantitative estimate of drug-likeness (QED) is 0.448. The van der Waals surface area contributed by atoms with Crippen LogP contribution >= 0.6 is 0 Å². The SMILES string of the molecule is CC(=O)C1CC(C(=O)N[C@@H](CCN2CCC(n3cnc(Cc4ccccc4)n3)CC2)c2ccccc2)C1. The predicted molar refractivity (Wildman–Crippen MR) is 143 cm³/mol. The highest BCUT2D eigenvalue weighted by atomic mass is 16.2. The predicted octanol–water partition coefficient (Wildman–Crippen LogP) is 4.37. The normalized spacial score (nSPS) is 21.2. The fourth-order valence-electron chi connectivity index (χ4n) is 5.53. The van der Waals surface area contributed by atoms with Gasteiger partial charge in [0, 0.05) is 37.9 Å². The van der Waals surface area contributed by atoms with Crippen molar-refractivity contribution in [1.29, 1.82) is 0 Å². The van der Waals surface area contributed by atoms with Gasteiger partial charge in [0.1, 0.15) is 12.1 Å². The summed E-state index contributed by atoms with van der Waals surface area (Å²) in [6, 6.07) is 21.0. The van der Waals surface area contributed by atoms with Gasteiger partial charge in [-0.05, 0) is 50.2 Å². The second kappa shape index (κ2) is 11.8. The van der Waals surface area contributed by atoms with E-state index >= 15 is 0 Å². The second-order valence-electron chi connectivity index (χ2n) is 10.6. The third kappa shape index (κ3) is 6.52. The molecular formula is C30H37N5O2. The molecule has 1 saturated carbocycles. The zero-order chi connectivity index (χ0) is 25.6. The summed E-state index contributed by atoms with van der Waals surface area (Å²) in [5, 5.41) is 8.06. The molecule has 0 radical (unpaired) electrons. The first-order valence-corrected chi connectivity index (χ1v) is 13.6. The highest BCUT2D eigenvalue weighted by molar-refractivity contribution is 5.85. The number of hydrogen-bond acceptors (Lipinski definition) is 5. The lowest BCUT2D eigenvalue weighted by Gasteiger charge is -2.35. The molecule has 0 bridgehead atoms. The van der Waals surface area contributed by atoms with E-state index in [9.17, 15) is 9.59 Å². The highest BCUT2D eigenvalue weighted by Crippen LogP contribution is 2.35. The van der Waals surface area contributed by atoms with Crippen LogP contribution in [0.2, 0.25) is 0 Å². The van der Waals surface area contributed by atoms with Crippen molar-refractivity contribution in [3.05, 3.63) is 83.9 Å². The van der Waals surface area contributed by atoms with Gasteiger partial charge in [-0.25, -0.2) is 9.67 Å². The molecule has 194 valence electrons. The molecule has 1 amide bonds. The van der Waals surface area contributed by atoms with Gasteiger partial charge in [0.2, 0.25) is 5.91 Å². The highest BCUT2D eigenvalue weighted by Gasteiger charge is 2.37. The molecule has 7 heteroatoms. The Bertz CT molecular complexity index is 1160. The first-order chi connectivity index (χ1) is 18.0. The van der Waals surface area contributed by atoms with Crippen molar-refractivity contribution in [2.75, 3.05) is 19.6 Å². The number of carbonyl (C=O) groups excluding carboxylic acids is 2. The van der Waals surface area contributed by atoms with Crippen LogP contribution < -0.4 is 5.32 Å². The lowest BCUT2D eigenvalue weighted by atomic mass is 9.72. The number of rotatable bonds is 10. The van der Waals surface area contributed by atoms with Crippen LogP contribution in [0.3, 0.4) is 0 Å². The van der Waals surface area contributed by atoms with Crippen molar-refractivity contribution >= 4 is 11.7 Å². The van der Waals surface area contributed by atoms with Crippen molar-refractivity contribution in [1.82, 2.24) is 25.0 Å². The molecule has 37 heavy (non-hydrogen) atoms. The van der Waals surface area contributed by atoms with Crippen LogP contribution in [-0.2, 0) is 16.0 Å². The number of likely N-dealkylation sites (tertiary alicyclic amines) is 1. The average molecular weight is 500 g/mol. The summed E-state index contributed by atoms with van der Waals surface area (Å²) in [6.45, 7) is 4.58. The Labute approximate surface area is 219 Å². The Kier molecular flexibility index (Phi) is 8.09. The summed E-state index contributed by atoms with van der Waals surface area (Å²) in [4.78, 5) is 31.5. The number of hydrogen-bond donors (Lipinski definition) is 1. The Morgan fingerprint density at radius 2 is 1.65 bits per heavy atom. The van der Waals surface area contributed by atoms with Crippen LogP contribution in [0.1, 0.15) is 68.1 Å². The van der Waals surface area contributed by atoms with Crippen molar-refractivity contribution in [3.8, 4) is 0 Å². The van der Waals surface area contributed by atoms with Crippen LogP contribution in [0.5, 0.6) is 0 Å². The maximum atomic E-state index is 12.9. The third-order valence-electron chi connectivity index (χ3n) is 8.03. The van der Waals surface area contributed by atoms with E-state index < -0.39 is 0 Å². The molecule has 5 rings (SSSR count). The van der Waals surface area contributed by atoms with Crippen LogP contribution in [-0.4, -0.2) is 51.0 Å². The fourth-order valence-corrected chi connectivity index (χ4v) is 5.53. The minimum absolute atomic E-state index is 0.0151. The molecule has 7 nitrogen and oxygen atoms in total. The largest absolute Gasteiger partial charge is 0.349 e. The van der Waals surface area contributed by atoms with Crippen molar-refractivity contribution in [2.24, 2.45) is 11.8 Å². The summed E-state index contributed by atoms with van der Waals surface area (Å²) >= 11 is 0. The van der Waals surface area contributed by atoms with Crippen LogP contribution in [0.25, 0.3) is 0 Å². The summed E-state index contributed by atoms with van der Waals surface area (Å²) < 4.78 is 2.05. The molecule has 1 saturated heterocycles. The summed E-state index contributed by atoms with van der Waals surface area (Å²) in [5.74, 6) is 1.18. The minimum Gasteiger partial charge on any atom is -0.349 e. The maximum absolute atomic E-state index is 12.9. The molecule has 1 aliphatic heterocycles. The molecule has 2 aliphatic rings. The van der Waals surface area contributed by atoms with Crippen LogP contribution in [0, 0.1) is 11.8 Å². The van der Waals surface area contributed by atoms with Gasteiger partial charge < -0.3 is 10.2 Å². The Balaban J connectivity index is 1.11. The first kappa shape index (κ1) is 25.3. The summed E-state index contributed by atoms with van der Waals surface area (Å²) in [7, 11) is 0. The molecule has 1 atom stereocenters. The number of aromatic nitrogens is 3. The van der Waals surface area contributed by atoms with E-state index in [1.54, 1.807) is 6.92 Å². The van der Waals surface area contributed by atoms with Gasteiger partial charge in [0.05, 0.1) is 12.1 Å². The Morgan fingerprint density at radius 3 is 2.32 bits per heavy atom. The molecule has 1 aliphatic carbocycles. The number of nitrogens with one attached hydrogen (secondary N) is 1. The van der Waals surface area contributed by atoms with Gasteiger partial charge in [-0.3, -0.25) is 9.59 Å². The molecular weight excluding hydrogens is 462 g/mol. The van der Waals surface area contributed by atoms with Crippen molar-refractivity contribution < 1.29 is 9.59 Å². The number of piperidine rings is 1. The van der Waals surface area contributed by atoms with E-state index in [1.165, 1.54) is 5.56 Å². The monoisotopic (exact) mass is 499 g/mol. The summed E-state index contributed by atoms with van der Waals surface area (Å²) in [6.07, 6.45) is 6.98. The van der Waals surface area contributed by atoms with Crippen LogP contribution in [0.15, 0.2) is 67.0 Å². The molecule has 3 aromatic rings. The zero-order valence-corrected chi connectivity index (χ0v) is 21.6. The van der Waals surface area contributed by atoms with E-state index in [1.807, 2.05) is 42.7 Å². The Hall–Kier alpha value is -3.32. The molecule has 2 fully saturated rings. The van der Waals surface area contributed by atoms with Gasteiger partial charge in [-0.15, -0.1) is 0 Å². The Morgan fingerprint density at radius 1 is 0.973 bits per heavy atom. The number of ketones is 1. The lowest BCUT2D eigenvalue weighted by Crippen LogP contribution is -2.43. The molecule has 1 N–H and O–H groups in total. The van der Waals surface area contributed by atoms with Gasteiger partial charge in [-0.2, -0.15) is 5.10 Å². The molecule has 2 aromatic carbocycles. The topological polar surface area (TPSA) is 80.1 Å². The standard InChI is InChI=1S/C30H37N5O2/c1-22(36)25-19-26(20-25)30(37)32-28(24-10-6-3-7-11-24)14-17-34-15-12-27(13-16-34)35-21-31-29(33-35)18-23-8-4-2-5-9-23/h2-11,21,25-28H,12-20H2,1H3,(H,32,37)/t25?,26?,28-/m0/s1. The van der Waals surface area contributed by atoms with E-state index in [4.69, 9.17) is 5.10 Å². The van der Waals surface area contributed by atoms with Gasteiger partial charge in [0.15, 0.2) is 5.82 Å². The van der Waals surface area contributed by atoms with E-state index in [0.29, 0.717) is 18.9 Å². The van der Waals surface area contributed by atoms with Gasteiger partial charge >= 0.3 is 0 Å². The van der Waals surface area contributed by atoms with E-state index in [2.05, 4.69) is 44.1 Å². The fraction of sp³-hybridized carbons (Fsp3) is 0.467. The minimum atomic E-state index is -0.0367. The average Bonchev–Trinajstić information content (AvgIpc) is 3.35. The molecule has 0 spiro atoms. The number of benzene rings is 2. The maximum Gasteiger partial charge on any atom is 0.223 e. The van der Waals surface area contributed by atoms with Gasteiger partial charge in [-0.1, -0.05) is 60.7 Å². The second-order valence-corrected chi connectivity index (χ2v) is 10.6. The number of amides is 1.